The maximum absolute atomic E-state index is 12.8. The van der Waals surface area contributed by atoms with Gasteiger partial charge in [0.1, 0.15) is 17.3 Å². The van der Waals surface area contributed by atoms with Crippen molar-refractivity contribution in [1.29, 1.82) is 0 Å². The summed E-state index contributed by atoms with van der Waals surface area (Å²) in [5, 5.41) is 10.9. The molecule has 3 heterocycles. The number of aliphatic hydroxyl groups is 1. The van der Waals surface area contributed by atoms with E-state index in [1.165, 1.54) is 14.0 Å². The molecule has 6 atom stereocenters. The summed E-state index contributed by atoms with van der Waals surface area (Å²) in [6, 6.07) is 0. The normalized spacial score (nSPS) is 41.5. The molecule has 0 radical (unpaired) electrons. The van der Waals surface area contributed by atoms with Gasteiger partial charge in [-0.25, -0.2) is 4.79 Å². The van der Waals surface area contributed by atoms with Crippen LogP contribution in [0.3, 0.4) is 0 Å². The molecular weight excluding hydrogens is 412 g/mol. The zero-order chi connectivity index (χ0) is 23.6. The zero-order valence-corrected chi connectivity index (χ0v) is 20.0. The molecule has 7 nitrogen and oxygen atoms in total. The fraction of sp³-hybridized carbons (Fsp3) is 0.680. The van der Waals surface area contributed by atoms with Crippen LogP contribution in [-0.4, -0.2) is 41.6 Å². The number of hydrogen-bond donors (Lipinski definition) is 1. The molecule has 0 amide bonds. The molecule has 32 heavy (non-hydrogen) atoms. The van der Waals surface area contributed by atoms with Gasteiger partial charge in [0, 0.05) is 5.92 Å². The van der Waals surface area contributed by atoms with E-state index >= 15 is 0 Å². The minimum absolute atomic E-state index is 0.0684. The molecule has 0 saturated carbocycles. The van der Waals surface area contributed by atoms with E-state index in [0.717, 1.165) is 16.7 Å². The molecule has 7 heteroatoms. The molecule has 0 aromatic heterocycles. The monoisotopic (exact) mass is 446 g/mol. The van der Waals surface area contributed by atoms with E-state index in [1.54, 1.807) is 0 Å². The predicted octanol–water partition coefficient (Wildman–Crippen LogP) is 3.78. The average Bonchev–Trinajstić information content (AvgIpc) is 3.19. The molecule has 4 rings (SSSR count). The lowest BCUT2D eigenvalue weighted by molar-refractivity contribution is -0.201. The van der Waals surface area contributed by atoms with Gasteiger partial charge < -0.3 is 24.1 Å². The maximum atomic E-state index is 12.8. The summed E-state index contributed by atoms with van der Waals surface area (Å²) in [6.45, 7) is 11.5. The third kappa shape index (κ3) is 3.41. The second-order valence-corrected chi connectivity index (χ2v) is 10.2. The number of rotatable bonds is 2. The number of allylic oxidation sites excluding steroid dienone is 2. The number of ether oxygens (including phenoxy) is 4. The topological polar surface area (TPSA) is 91.3 Å². The molecule has 1 aliphatic carbocycles. The molecule has 1 N–H and O–H groups in total. The van der Waals surface area contributed by atoms with Gasteiger partial charge in [-0.15, -0.1) is 0 Å². The Labute approximate surface area is 189 Å². The quantitative estimate of drug-likeness (QED) is 0.510. The highest BCUT2D eigenvalue weighted by molar-refractivity contribution is 5.89. The summed E-state index contributed by atoms with van der Waals surface area (Å²) in [7, 11) is 1.51. The SMILES string of the molecule is COC1=C(C(C)C)[C@@H]2C/C=C(/C)[C@@H]3O[C@](C)(O)[C@@H]4C(=O)OC(=C(C)CC[C@@]2(C)OC1=O)[C@@H]43. The van der Waals surface area contributed by atoms with Crippen molar-refractivity contribution >= 4 is 11.9 Å². The molecule has 2 saturated heterocycles. The number of carbonyl (C=O) groups excluding carboxylic acids is 2. The van der Waals surface area contributed by atoms with Gasteiger partial charge in [0.25, 0.3) is 0 Å². The van der Waals surface area contributed by atoms with Gasteiger partial charge in [-0.05, 0) is 69.6 Å². The van der Waals surface area contributed by atoms with Crippen molar-refractivity contribution in [3.63, 3.8) is 0 Å². The van der Waals surface area contributed by atoms with Crippen LogP contribution in [0.15, 0.2) is 34.3 Å². The molecule has 0 bridgehead atoms. The van der Waals surface area contributed by atoms with E-state index < -0.39 is 35.3 Å². The van der Waals surface area contributed by atoms with E-state index in [1.807, 2.05) is 20.8 Å². The first-order chi connectivity index (χ1) is 14.9. The lowest BCUT2D eigenvalue weighted by atomic mass is 9.72. The third-order valence-electron chi connectivity index (χ3n) is 7.65. The number of hydrogen-bond acceptors (Lipinski definition) is 7. The Bertz CT molecular complexity index is 938. The fourth-order valence-corrected chi connectivity index (χ4v) is 5.93. The first kappa shape index (κ1) is 23.1. The summed E-state index contributed by atoms with van der Waals surface area (Å²) in [4.78, 5) is 25.5. The minimum atomic E-state index is -1.59. The zero-order valence-electron chi connectivity index (χ0n) is 20.0. The van der Waals surface area contributed by atoms with Gasteiger partial charge >= 0.3 is 11.9 Å². The molecule has 0 spiro atoms. The Kier molecular flexibility index (Phi) is 5.57. The number of fused-ring (bicyclic) bond motifs is 1. The van der Waals surface area contributed by atoms with Crippen molar-refractivity contribution in [1.82, 2.24) is 0 Å². The minimum Gasteiger partial charge on any atom is -0.490 e. The van der Waals surface area contributed by atoms with Gasteiger partial charge in [0.05, 0.1) is 19.1 Å². The summed E-state index contributed by atoms with van der Waals surface area (Å²) in [5.74, 6) is -2.68. The van der Waals surface area contributed by atoms with Crippen molar-refractivity contribution in [2.24, 2.45) is 23.7 Å². The maximum Gasteiger partial charge on any atom is 0.374 e. The van der Waals surface area contributed by atoms with Crippen LogP contribution in [-0.2, 0) is 28.5 Å². The van der Waals surface area contributed by atoms with E-state index in [2.05, 4.69) is 19.9 Å². The molecule has 0 unspecified atom stereocenters. The molecule has 3 aliphatic heterocycles. The highest BCUT2D eigenvalue weighted by atomic mass is 16.7. The number of esters is 2. The van der Waals surface area contributed by atoms with Crippen molar-refractivity contribution < 1.29 is 33.6 Å². The van der Waals surface area contributed by atoms with Crippen LogP contribution in [0.25, 0.3) is 0 Å². The van der Waals surface area contributed by atoms with Crippen molar-refractivity contribution in [3.05, 3.63) is 34.3 Å². The Morgan fingerprint density at radius 1 is 1.22 bits per heavy atom. The van der Waals surface area contributed by atoms with E-state index in [-0.39, 0.29) is 17.8 Å². The highest BCUT2D eigenvalue weighted by Crippen LogP contribution is 2.53. The Morgan fingerprint density at radius 3 is 2.53 bits per heavy atom. The number of methoxy groups -OCH3 is 1. The lowest BCUT2D eigenvalue weighted by Crippen LogP contribution is -2.46. The van der Waals surface area contributed by atoms with Gasteiger partial charge in [-0.1, -0.05) is 19.9 Å². The van der Waals surface area contributed by atoms with Crippen LogP contribution in [0.4, 0.5) is 0 Å². The Balaban J connectivity index is 1.84. The predicted molar refractivity (Wildman–Crippen MR) is 116 cm³/mol. The van der Waals surface area contributed by atoms with Gasteiger partial charge in [-0.2, -0.15) is 0 Å². The van der Waals surface area contributed by atoms with Crippen LogP contribution in [0.5, 0.6) is 0 Å². The smallest absolute Gasteiger partial charge is 0.374 e. The third-order valence-corrected chi connectivity index (χ3v) is 7.65. The second kappa shape index (κ2) is 7.73. The summed E-state index contributed by atoms with van der Waals surface area (Å²) < 4.78 is 23.2. The van der Waals surface area contributed by atoms with E-state index in [9.17, 15) is 14.7 Å². The van der Waals surface area contributed by atoms with Crippen molar-refractivity contribution in [3.8, 4) is 0 Å². The lowest BCUT2D eigenvalue weighted by Gasteiger charge is -2.43. The first-order valence-corrected chi connectivity index (χ1v) is 11.4. The van der Waals surface area contributed by atoms with E-state index in [4.69, 9.17) is 18.9 Å². The summed E-state index contributed by atoms with van der Waals surface area (Å²) in [5.41, 5.74) is 2.06. The molecule has 176 valence electrons. The average molecular weight is 447 g/mol. The van der Waals surface area contributed by atoms with Crippen LogP contribution < -0.4 is 0 Å². The first-order valence-electron chi connectivity index (χ1n) is 11.4. The molecule has 0 aromatic carbocycles. The molecule has 0 aromatic rings. The van der Waals surface area contributed by atoms with Crippen LogP contribution >= 0.6 is 0 Å². The van der Waals surface area contributed by atoms with Crippen LogP contribution in [0.2, 0.25) is 0 Å². The molecule has 4 aliphatic rings. The number of carbonyl (C=O) groups is 2. The standard InChI is InChI=1S/C25H34O7/c1-12(2)16-15-9-8-13(3)20-17-18(25(6,28)31-20)22(26)30-19(17)14(4)10-11-24(15,5)32-23(27)21(16)29-7/h8,12,15,17-18,20,28H,9-11H2,1-7H3/b13-8-,19-14?/t15-,17+,18-,20-,24+,25-/m0/s1. The van der Waals surface area contributed by atoms with Crippen LogP contribution in [0.1, 0.15) is 60.8 Å². The van der Waals surface area contributed by atoms with Gasteiger partial charge in [-0.3, -0.25) is 4.79 Å². The van der Waals surface area contributed by atoms with Gasteiger partial charge in [0.2, 0.25) is 5.76 Å². The molecule has 2 fully saturated rings. The van der Waals surface area contributed by atoms with Crippen molar-refractivity contribution in [2.75, 3.05) is 7.11 Å². The Hall–Kier alpha value is -2.12. The summed E-state index contributed by atoms with van der Waals surface area (Å²) >= 11 is 0. The fourth-order valence-electron chi connectivity index (χ4n) is 5.93. The molecular formula is C25H34O7. The Morgan fingerprint density at radius 2 is 1.91 bits per heavy atom. The summed E-state index contributed by atoms with van der Waals surface area (Å²) in [6.07, 6.45) is 3.42. The second-order valence-electron chi connectivity index (χ2n) is 10.2. The largest absolute Gasteiger partial charge is 0.490 e. The van der Waals surface area contributed by atoms with Crippen LogP contribution in [0, 0.1) is 23.7 Å². The highest BCUT2D eigenvalue weighted by Gasteiger charge is 2.62. The van der Waals surface area contributed by atoms with E-state index in [0.29, 0.717) is 30.8 Å². The van der Waals surface area contributed by atoms with Gasteiger partial charge in [0.15, 0.2) is 5.79 Å². The van der Waals surface area contributed by atoms with Crippen molar-refractivity contribution in [2.45, 2.75) is 78.3 Å².